The lowest BCUT2D eigenvalue weighted by Crippen LogP contribution is -2.12. The monoisotopic (exact) mass is 225 g/mol. The average molecular weight is 225 g/mol. The van der Waals surface area contributed by atoms with Crippen molar-refractivity contribution in [2.24, 2.45) is 0 Å². The Labute approximate surface area is 98.7 Å². The highest BCUT2D eigenvalue weighted by molar-refractivity contribution is 5.83. The van der Waals surface area contributed by atoms with E-state index in [9.17, 15) is 4.79 Å². The first kappa shape index (κ1) is 10.0. The van der Waals surface area contributed by atoms with Crippen LogP contribution in [-0.4, -0.2) is 11.0 Å². The lowest BCUT2D eigenvalue weighted by Gasteiger charge is -2.18. The number of para-hydroxylation sites is 1. The van der Waals surface area contributed by atoms with Crippen LogP contribution in [-0.2, 0) is 9.53 Å². The van der Waals surface area contributed by atoms with Gasteiger partial charge in [0.1, 0.15) is 6.10 Å². The molecule has 0 saturated heterocycles. The van der Waals surface area contributed by atoms with E-state index in [2.05, 4.69) is 4.98 Å². The molecule has 0 spiro atoms. The summed E-state index contributed by atoms with van der Waals surface area (Å²) in [6.45, 7) is 0. The summed E-state index contributed by atoms with van der Waals surface area (Å²) in [5.41, 5.74) is 1.90. The predicted octanol–water partition coefficient (Wildman–Crippen LogP) is 2.78. The summed E-state index contributed by atoms with van der Waals surface area (Å²) in [4.78, 5) is 15.5. The number of benzene rings is 1. The standard InChI is InChI=1S/C14H11NO2/c16-14-7-3-6-13(17-14)11-8-10-4-1-2-5-12(10)15-9-11/h1-5,7-9,13H,6H2. The molecule has 1 aromatic carbocycles. The van der Waals surface area contributed by atoms with E-state index in [-0.39, 0.29) is 12.1 Å². The summed E-state index contributed by atoms with van der Waals surface area (Å²) in [6.07, 6.45) is 5.59. The van der Waals surface area contributed by atoms with Gasteiger partial charge in [-0.3, -0.25) is 4.98 Å². The molecule has 0 aliphatic carbocycles. The second-order valence-electron chi connectivity index (χ2n) is 4.02. The van der Waals surface area contributed by atoms with Crippen molar-refractivity contribution < 1.29 is 9.53 Å². The Morgan fingerprint density at radius 1 is 1.29 bits per heavy atom. The molecule has 0 amide bonds. The van der Waals surface area contributed by atoms with Crippen molar-refractivity contribution in [3.63, 3.8) is 0 Å². The van der Waals surface area contributed by atoms with Crippen LogP contribution in [0, 0.1) is 0 Å². The normalized spacial score (nSPS) is 19.3. The van der Waals surface area contributed by atoms with Gasteiger partial charge in [-0.2, -0.15) is 0 Å². The fourth-order valence-electron chi connectivity index (χ4n) is 1.98. The van der Waals surface area contributed by atoms with Gasteiger partial charge in [-0.25, -0.2) is 4.79 Å². The number of nitrogens with zero attached hydrogens (tertiary/aromatic N) is 1. The highest BCUT2D eigenvalue weighted by atomic mass is 16.5. The average Bonchev–Trinajstić information content (AvgIpc) is 2.38. The fraction of sp³-hybridized carbons (Fsp3) is 0.143. The summed E-state index contributed by atoms with van der Waals surface area (Å²) in [7, 11) is 0. The third kappa shape index (κ3) is 1.91. The molecule has 0 fully saturated rings. The van der Waals surface area contributed by atoms with Crippen LogP contribution >= 0.6 is 0 Å². The summed E-state index contributed by atoms with van der Waals surface area (Å²) < 4.78 is 5.26. The number of aromatic nitrogens is 1. The predicted molar refractivity (Wildman–Crippen MR) is 64.3 cm³/mol. The van der Waals surface area contributed by atoms with Crippen molar-refractivity contribution in [2.75, 3.05) is 0 Å². The SMILES string of the molecule is O=C1C=CCC(c2cnc3ccccc3c2)O1. The number of pyridine rings is 1. The smallest absolute Gasteiger partial charge is 0.331 e. The van der Waals surface area contributed by atoms with Crippen molar-refractivity contribution in [1.82, 2.24) is 4.98 Å². The van der Waals surface area contributed by atoms with Gasteiger partial charge in [-0.1, -0.05) is 24.3 Å². The Bertz CT molecular complexity index is 604. The van der Waals surface area contributed by atoms with Crippen molar-refractivity contribution in [3.05, 3.63) is 54.2 Å². The van der Waals surface area contributed by atoms with Gasteiger partial charge >= 0.3 is 5.97 Å². The van der Waals surface area contributed by atoms with E-state index >= 15 is 0 Å². The highest BCUT2D eigenvalue weighted by Crippen LogP contribution is 2.26. The maximum atomic E-state index is 11.2. The van der Waals surface area contributed by atoms with E-state index in [4.69, 9.17) is 4.74 Å². The van der Waals surface area contributed by atoms with E-state index in [1.54, 1.807) is 6.20 Å². The van der Waals surface area contributed by atoms with E-state index < -0.39 is 0 Å². The Morgan fingerprint density at radius 2 is 2.18 bits per heavy atom. The molecule has 3 heteroatoms. The minimum atomic E-state index is -0.283. The highest BCUT2D eigenvalue weighted by Gasteiger charge is 2.18. The molecular formula is C14H11NO2. The molecule has 84 valence electrons. The largest absolute Gasteiger partial charge is 0.454 e. The Hall–Kier alpha value is -2.16. The van der Waals surface area contributed by atoms with Gasteiger partial charge in [-0.15, -0.1) is 0 Å². The van der Waals surface area contributed by atoms with Crippen LogP contribution in [0.25, 0.3) is 10.9 Å². The van der Waals surface area contributed by atoms with E-state index in [1.807, 2.05) is 36.4 Å². The zero-order valence-corrected chi connectivity index (χ0v) is 9.17. The van der Waals surface area contributed by atoms with Crippen LogP contribution in [0.4, 0.5) is 0 Å². The molecule has 1 aliphatic rings. The molecule has 1 aliphatic heterocycles. The number of carbonyl (C=O) groups excluding carboxylic acids is 1. The van der Waals surface area contributed by atoms with Crippen LogP contribution in [0.1, 0.15) is 18.1 Å². The fourth-order valence-corrected chi connectivity index (χ4v) is 1.98. The van der Waals surface area contributed by atoms with Crippen LogP contribution < -0.4 is 0 Å². The molecule has 0 N–H and O–H groups in total. The van der Waals surface area contributed by atoms with Crippen LogP contribution in [0.3, 0.4) is 0 Å². The Balaban J connectivity index is 2.00. The molecule has 3 nitrogen and oxygen atoms in total. The van der Waals surface area contributed by atoms with Crippen molar-refractivity contribution in [1.29, 1.82) is 0 Å². The number of hydrogen-bond donors (Lipinski definition) is 0. The molecule has 0 radical (unpaired) electrons. The van der Waals surface area contributed by atoms with E-state index in [1.165, 1.54) is 6.08 Å². The van der Waals surface area contributed by atoms with Crippen LogP contribution in [0.2, 0.25) is 0 Å². The third-order valence-electron chi connectivity index (χ3n) is 2.85. The van der Waals surface area contributed by atoms with Gasteiger partial charge in [0.25, 0.3) is 0 Å². The molecule has 0 saturated carbocycles. The first-order valence-electron chi connectivity index (χ1n) is 5.55. The molecule has 1 atom stereocenters. The van der Waals surface area contributed by atoms with E-state index in [0.29, 0.717) is 6.42 Å². The lowest BCUT2D eigenvalue weighted by atomic mass is 10.0. The van der Waals surface area contributed by atoms with Gasteiger partial charge in [0.15, 0.2) is 0 Å². The number of rotatable bonds is 1. The molecular weight excluding hydrogens is 214 g/mol. The third-order valence-corrected chi connectivity index (χ3v) is 2.85. The number of hydrogen-bond acceptors (Lipinski definition) is 3. The molecule has 2 aromatic rings. The topological polar surface area (TPSA) is 39.2 Å². The molecule has 17 heavy (non-hydrogen) atoms. The van der Waals surface area contributed by atoms with Crippen LogP contribution in [0.5, 0.6) is 0 Å². The van der Waals surface area contributed by atoms with Gasteiger partial charge in [0.05, 0.1) is 5.52 Å². The van der Waals surface area contributed by atoms with E-state index in [0.717, 1.165) is 16.5 Å². The Morgan fingerprint density at radius 3 is 3.06 bits per heavy atom. The number of cyclic esters (lactones) is 1. The number of carbonyl (C=O) groups is 1. The second kappa shape index (κ2) is 4.01. The van der Waals surface area contributed by atoms with Crippen molar-refractivity contribution >= 4 is 16.9 Å². The first-order valence-corrected chi connectivity index (χ1v) is 5.55. The number of fused-ring (bicyclic) bond motifs is 1. The summed E-state index contributed by atoms with van der Waals surface area (Å²) in [6, 6.07) is 9.93. The Kier molecular flexibility index (Phi) is 2.37. The summed E-state index contributed by atoms with van der Waals surface area (Å²) in [5, 5.41) is 1.07. The van der Waals surface area contributed by atoms with Crippen molar-refractivity contribution in [2.45, 2.75) is 12.5 Å². The number of esters is 1. The maximum absolute atomic E-state index is 11.2. The molecule has 3 rings (SSSR count). The van der Waals surface area contributed by atoms with Gasteiger partial charge in [0.2, 0.25) is 0 Å². The van der Waals surface area contributed by atoms with Gasteiger partial charge < -0.3 is 4.74 Å². The zero-order valence-electron chi connectivity index (χ0n) is 9.17. The first-order chi connectivity index (χ1) is 8.33. The quantitative estimate of drug-likeness (QED) is 0.700. The minimum absolute atomic E-state index is 0.204. The minimum Gasteiger partial charge on any atom is -0.454 e. The zero-order chi connectivity index (χ0) is 11.7. The molecule has 1 aromatic heterocycles. The molecule has 1 unspecified atom stereocenters. The molecule has 0 bridgehead atoms. The lowest BCUT2D eigenvalue weighted by molar-refractivity contribution is -0.144. The van der Waals surface area contributed by atoms with Crippen molar-refractivity contribution in [3.8, 4) is 0 Å². The molecule has 2 heterocycles. The summed E-state index contributed by atoms with van der Waals surface area (Å²) >= 11 is 0. The maximum Gasteiger partial charge on any atom is 0.331 e. The summed E-state index contributed by atoms with van der Waals surface area (Å²) in [5.74, 6) is -0.283. The number of ether oxygens (including phenoxy) is 1. The van der Waals surface area contributed by atoms with Crippen LogP contribution in [0.15, 0.2) is 48.7 Å². The van der Waals surface area contributed by atoms with Gasteiger partial charge in [0, 0.05) is 29.6 Å². The van der Waals surface area contributed by atoms with Gasteiger partial charge in [-0.05, 0) is 12.1 Å². The second-order valence-corrected chi connectivity index (χ2v) is 4.02.